The van der Waals surface area contributed by atoms with E-state index in [1.54, 1.807) is 0 Å². The highest BCUT2D eigenvalue weighted by Gasteiger charge is 2.42. The molecule has 0 aromatic carbocycles. The molecular weight excluding hydrogens is 256 g/mol. The zero-order valence-electron chi connectivity index (χ0n) is 15.1. The van der Waals surface area contributed by atoms with Crippen LogP contribution < -0.4 is 5.73 Å². The van der Waals surface area contributed by atoms with E-state index in [1.165, 1.54) is 51.5 Å². The molecule has 2 N–H and O–H groups in total. The van der Waals surface area contributed by atoms with Gasteiger partial charge in [-0.25, -0.2) is 0 Å². The SMILES string of the molecule is CCC1CCC(N(C)CC2CCC(N)C(C)C2(C)C)CC1. The van der Waals surface area contributed by atoms with Crippen LogP contribution in [0.3, 0.4) is 0 Å². The second-order valence-corrected chi connectivity index (χ2v) is 8.57. The minimum absolute atomic E-state index is 0.381. The lowest BCUT2D eigenvalue weighted by Gasteiger charge is -2.49. The molecule has 2 aliphatic carbocycles. The summed E-state index contributed by atoms with van der Waals surface area (Å²) in [7, 11) is 2.37. The van der Waals surface area contributed by atoms with Gasteiger partial charge in [-0.05, 0) is 68.7 Å². The van der Waals surface area contributed by atoms with Crippen molar-refractivity contribution in [2.75, 3.05) is 13.6 Å². The lowest BCUT2D eigenvalue weighted by atomic mass is 9.61. The van der Waals surface area contributed by atoms with Crippen molar-refractivity contribution in [1.82, 2.24) is 4.90 Å². The summed E-state index contributed by atoms with van der Waals surface area (Å²) in [5, 5.41) is 0. The first kappa shape index (κ1) is 17.3. The topological polar surface area (TPSA) is 29.3 Å². The molecule has 0 radical (unpaired) electrons. The fraction of sp³-hybridized carbons (Fsp3) is 1.00. The van der Waals surface area contributed by atoms with E-state index in [9.17, 15) is 0 Å². The van der Waals surface area contributed by atoms with Crippen molar-refractivity contribution in [2.45, 2.75) is 84.7 Å². The third kappa shape index (κ3) is 3.82. The van der Waals surface area contributed by atoms with Gasteiger partial charge in [-0.15, -0.1) is 0 Å². The van der Waals surface area contributed by atoms with Crippen LogP contribution in [0.2, 0.25) is 0 Å². The Hall–Kier alpha value is -0.0800. The van der Waals surface area contributed by atoms with Gasteiger partial charge in [-0.1, -0.05) is 34.1 Å². The van der Waals surface area contributed by atoms with Gasteiger partial charge in [0.2, 0.25) is 0 Å². The summed E-state index contributed by atoms with van der Waals surface area (Å²) in [4.78, 5) is 2.68. The highest BCUT2D eigenvalue weighted by Crippen LogP contribution is 2.45. The van der Waals surface area contributed by atoms with Gasteiger partial charge in [0, 0.05) is 18.6 Å². The molecule has 2 nitrogen and oxygen atoms in total. The molecule has 2 fully saturated rings. The number of nitrogens with zero attached hydrogens (tertiary/aromatic N) is 1. The molecule has 0 aromatic rings. The maximum Gasteiger partial charge on any atom is 0.00925 e. The first-order valence-corrected chi connectivity index (χ1v) is 9.32. The molecule has 0 amide bonds. The summed E-state index contributed by atoms with van der Waals surface area (Å²) >= 11 is 0. The molecule has 21 heavy (non-hydrogen) atoms. The largest absolute Gasteiger partial charge is 0.327 e. The summed E-state index contributed by atoms with van der Waals surface area (Å²) in [6.45, 7) is 10.9. The van der Waals surface area contributed by atoms with E-state index in [2.05, 4.69) is 39.6 Å². The van der Waals surface area contributed by atoms with E-state index in [-0.39, 0.29) is 0 Å². The summed E-state index contributed by atoms with van der Waals surface area (Å²) in [5.41, 5.74) is 6.69. The zero-order chi connectivity index (χ0) is 15.6. The third-order valence-corrected chi connectivity index (χ3v) is 7.24. The van der Waals surface area contributed by atoms with Crippen LogP contribution in [0.4, 0.5) is 0 Å². The molecule has 2 aliphatic rings. The zero-order valence-corrected chi connectivity index (χ0v) is 15.1. The Balaban J connectivity index is 1.89. The summed E-state index contributed by atoms with van der Waals surface area (Å²) in [6.07, 6.45) is 9.62. The van der Waals surface area contributed by atoms with Crippen molar-refractivity contribution in [3.05, 3.63) is 0 Å². The molecule has 2 saturated carbocycles. The van der Waals surface area contributed by atoms with Crippen LogP contribution in [-0.4, -0.2) is 30.6 Å². The smallest absolute Gasteiger partial charge is 0.00925 e. The average Bonchev–Trinajstić information content (AvgIpc) is 2.48. The number of hydrogen-bond donors (Lipinski definition) is 1. The number of rotatable bonds is 4. The van der Waals surface area contributed by atoms with Gasteiger partial charge in [0.25, 0.3) is 0 Å². The molecule has 2 heteroatoms. The minimum Gasteiger partial charge on any atom is -0.327 e. The van der Waals surface area contributed by atoms with Crippen LogP contribution >= 0.6 is 0 Å². The Morgan fingerprint density at radius 3 is 2.24 bits per heavy atom. The summed E-state index contributed by atoms with van der Waals surface area (Å²) in [5.74, 6) is 2.44. The number of hydrogen-bond acceptors (Lipinski definition) is 2. The lowest BCUT2D eigenvalue weighted by molar-refractivity contribution is 0.0195. The van der Waals surface area contributed by atoms with Crippen molar-refractivity contribution < 1.29 is 0 Å². The van der Waals surface area contributed by atoms with Gasteiger partial charge in [0.1, 0.15) is 0 Å². The van der Waals surface area contributed by atoms with Crippen molar-refractivity contribution in [1.29, 1.82) is 0 Å². The fourth-order valence-electron chi connectivity index (χ4n) is 4.76. The van der Waals surface area contributed by atoms with E-state index in [4.69, 9.17) is 5.73 Å². The average molecular weight is 295 g/mol. The van der Waals surface area contributed by atoms with Crippen LogP contribution in [0, 0.1) is 23.2 Å². The monoisotopic (exact) mass is 294 g/mol. The third-order valence-electron chi connectivity index (χ3n) is 7.24. The predicted molar refractivity (Wildman–Crippen MR) is 92.3 cm³/mol. The van der Waals surface area contributed by atoms with Crippen molar-refractivity contribution in [3.8, 4) is 0 Å². The van der Waals surface area contributed by atoms with E-state index in [0.717, 1.165) is 17.9 Å². The highest BCUT2D eigenvalue weighted by atomic mass is 15.1. The van der Waals surface area contributed by atoms with Crippen LogP contribution in [-0.2, 0) is 0 Å². The summed E-state index contributed by atoms with van der Waals surface area (Å²) in [6, 6.07) is 1.23. The standard InChI is InChI=1S/C19H38N2/c1-6-15-7-10-17(11-8-15)21(5)13-16-9-12-18(20)14(2)19(16,3)4/h14-18H,6-13,20H2,1-5H3. The van der Waals surface area contributed by atoms with E-state index >= 15 is 0 Å². The Kier molecular flexibility index (Phi) is 5.76. The van der Waals surface area contributed by atoms with Crippen LogP contribution in [0.1, 0.15) is 72.6 Å². The molecule has 0 aromatic heterocycles. The van der Waals surface area contributed by atoms with E-state index < -0.39 is 0 Å². The lowest BCUT2D eigenvalue weighted by Crippen LogP contribution is -2.50. The molecule has 3 unspecified atom stereocenters. The van der Waals surface area contributed by atoms with Crippen LogP contribution in [0.25, 0.3) is 0 Å². The Bertz CT molecular complexity index is 318. The summed E-state index contributed by atoms with van der Waals surface area (Å²) < 4.78 is 0. The molecular formula is C19H38N2. The van der Waals surface area contributed by atoms with Gasteiger partial charge in [-0.3, -0.25) is 0 Å². The quantitative estimate of drug-likeness (QED) is 0.838. The van der Waals surface area contributed by atoms with E-state index in [1.807, 2.05) is 0 Å². The maximum absolute atomic E-state index is 6.31. The Labute approximate surface area is 132 Å². The van der Waals surface area contributed by atoms with Crippen molar-refractivity contribution >= 4 is 0 Å². The van der Waals surface area contributed by atoms with Crippen LogP contribution in [0.5, 0.6) is 0 Å². The Morgan fingerprint density at radius 1 is 1.05 bits per heavy atom. The molecule has 0 heterocycles. The van der Waals surface area contributed by atoms with Crippen molar-refractivity contribution in [3.63, 3.8) is 0 Å². The van der Waals surface area contributed by atoms with Gasteiger partial charge in [0.05, 0.1) is 0 Å². The maximum atomic E-state index is 6.31. The van der Waals surface area contributed by atoms with Gasteiger partial charge in [0.15, 0.2) is 0 Å². The fourth-order valence-corrected chi connectivity index (χ4v) is 4.76. The molecule has 2 rings (SSSR count). The van der Waals surface area contributed by atoms with Gasteiger partial charge < -0.3 is 10.6 Å². The first-order chi connectivity index (χ1) is 9.86. The molecule has 0 aliphatic heterocycles. The molecule has 0 saturated heterocycles. The predicted octanol–water partition coefficient (Wildman–Crippen LogP) is 4.29. The molecule has 0 bridgehead atoms. The highest BCUT2D eigenvalue weighted by molar-refractivity contribution is 4.95. The second-order valence-electron chi connectivity index (χ2n) is 8.57. The second kappa shape index (κ2) is 7.00. The van der Waals surface area contributed by atoms with Gasteiger partial charge >= 0.3 is 0 Å². The molecule has 3 atom stereocenters. The van der Waals surface area contributed by atoms with E-state index in [0.29, 0.717) is 17.4 Å². The molecule has 124 valence electrons. The van der Waals surface area contributed by atoms with Crippen LogP contribution in [0.15, 0.2) is 0 Å². The molecule has 0 spiro atoms. The van der Waals surface area contributed by atoms with Crippen molar-refractivity contribution in [2.24, 2.45) is 28.9 Å². The normalized spacial score (nSPS) is 40.4. The minimum atomic E-state index is 0.381. The Morgan fingerprint density at radius 2 is 1.67 bits per heavy atom. The number of nitrogens with two attached hydrogens (primary N) is 1. The van der Waals surface area contributed by atoms with Gasteiger partial charge in [-0.2, -0.15) is 0 Å². The first-order valence-electron chi connectivity index (χ1n) is 9.32.